The van der Waals surface area contributed by atoms with Crippen molar-refractivity contribution in [1.82, 2.24) is 0 Å². The molecule has 0 bridgehead atoms. The van der Waals surface area contributed by atoms with Crippen LogP contribution >= 0.6 is 0 Å². The van der Waals surface area contributed by atoms with Crippen molar-refractivity contribution in [3.05, 3.63) is 30.3 Å². The number of benzene rings is 1. The van der Waals surface area contributed by atoms with Gasteiger partial charge in [-0.25, -0.2) is 4.79 Å². The summed E-state index contributed by atoms with van der Waals surface area (Å²) in [6.07, 6.45) is 1.16. The summed E-state index contributed by atoms with van der Waals surface area (Å²) in [5, 5.41) is 33.8. The number of rotatable bonds is 9. The summed E-state index contributed by atoms with van der Waals surface area (Å²) >= 11 is 0. The first-order chi connectivity index (χ1) is 14.4. The van der Waals surface area contributed by atoms with Crippen LogP contribution in [0.1, 0.15) is 46.0 Å². The summed E-state index contributed by atoms with van der Waals surface area (Å²) in [6, 6.07) is 10.7. The molecule has 174 valence electrons. The molecule has 1 aromatic carbocycles. The third-order valence-electron chi connectivity index (χ3n) is 5.29. The maximum Gasteiger partial charge on any atom is 0.336 e. The van der Waals surface area contributed by atoms with Crippen molar-refractivity contribution in [2.75, 3.05) is 25.1 Å². The molecule has 2 rings (SSSR count). The maximum absolute atomic E-state index is 10.3. The van der Waals surface area contributed by atoms with Crippen LogP contribution in [0.4, 0.5) is 5.69 Å². The van der Waals surface area contributed by atoms with Gasteiger partial charge in [-0.2, -0.15) is 0 Å². The van der Waals surface area contributed by atoms with Crippen LogP contribution in [0, 0.1) is 5.92 Å². The number of methoxy groups -OCH3 is 1. The molecule has 1 aromatic rings. The molecule has 0 spiro atoms. The largest absolute Gasteiger partial charge is 0.481 e. The minimum Gasteiger partial charge on any atom is -0.481 e. The molecule has 4 N–H and O–H groups in total. The Morgan fingerprint density at radius 3 is 1.87 bits per heavy atom. The van der Waals surface area contributed by atoms with Crippen LogP contribution in [0.25, 0.3) is 0 Å². The molecule has 0 aliphatic carbocycles. The molecule has 9 nitrogen and oxygen atoms in total. The van der Waals surface area contributed by atoms with E-state index in [4.69, 9.17) is 25.2 Å². The Morgan fingerprint density at radius 1 is 1.03 bits per heavy atom. The van der Waals surface area contributed by atoms with E-state index < -0.39 is 36.4 Å². The Morgan fingerprint density at radius 2 is 1.52 bits per heavy atom. The lowest BCUT2D eigenvalue weighted by molar-refractivity contribution is -0.170. The van der Waals surface area contributed by atoms with Crippen LogP contribution < -0.4 is 4.90 Å². The quantitative estimate of drug-likeness (QED) is 0.456. The van der Waals surface area contributed by atoms with Crippen LogP contribution in [-0.2, 0) is 19.1 Å². The molecule has 0 amide bonds. The zero-order valence-electron chi connectivity index (χ0n) is 18.3. The first-order valence-electron chi connectivity index (χ1n) is 10.2. The van der Waals surface area contributed by atoms with E-state index in [1.165, 1.54) is 12.1 Å². The number of carbonyl (C=O) groups is 3. The van der Waals surface area contributed by atoms with E-state index in [0.717, 1.165) is 25.9 Å². The van der Waals surface area contributed by atoms with Crippen LogP contribution in [0.2, 0.25) is 0 Å². The number of carboxylic acids is 3. The number of piperidine rings is 1. The predicted octanol–water partition coefficient (Wildman–Crippen LogP) is 2.47. The second-order valence-electron chi connectivity index (χ2n) is 8.29. The molecule has 1 fully saturated rings. The van der Waals surface area contributed by atoms with Gasteiger partial charge >= 0.3 is 17.9 Å². The highest BCUT2D eigenvalue weighted by Crippen LogP contribution is 2.33. The van der Waals surface area contributed by atoms with Gasteiger partial charge in [0.05, 0.1) is 18.4 Å². The smallest absolute Gasteiger partial charge is 0.336 e. The lowest BCUT2D eigenvalue weighted by atomic mass is 9.83. The SMILES string of the molecule is COC1(CC(C)C)CCN(c2ccccc2)CC1.O=C(O)CC(O)(CC(=O)O)C(=O)O. The minimum atomic E-state index is -2.74. The number of carboxylic acid groups (broad SMARTS) is 3. The van der Waals surface area contributed by atoms with Gasteiger partial charge in [0.15, 0.2) is 5.60 Å². The number of aliphatic hydroxyl groups is 1. The normalized spacial score (nSPS) is 15.7. The lowest BCUT2D eigenvalue weighted by Crippen LogP contribution is -2.46. The molecule has 1 aliphatic heterocycles. The van der Waals surface area contributed by atoms with Gasteiger partial charge in [0.1, 0.15) is 0 Å². The van der Waals surface area contributed by atoms with Gasteiger partial charge in [0.25, 0.3) is 0 Å². The van der Waals surface area contributed by atoms with E-state index in [2.05, 4.69) is 49.1 Å². The zero-order chi connectivity index (χ0) is 23.7. The number of hydrogen-bond donors (Lipinski definition) is 4. The summed E-state index contributed by atoms with van der Waals surface area (Å²) in [4.78, 5) is 33.0. The van der Waals surface area contributed by atoms with Gasteiger partial charge in [0, 0.05) is 25.9 Å². The van der Waals surface area contributed by atoms with Gasteiger partial charge < -0.3 is 30.1 Å². The number of anilines is 1. The van der Waals surface area contributed by atoms with Crippen LogP contribution in [0.5, 0.6) is 0 Å². The van der Waals surface area contributed by atoms with Crippen molar-refractivity contribution in [2.45, 2.75) is 57.2 Å². The van der Waals surface area contributed by atoms with E-state index in [1.54, 1.807) is 0 Å². The van der Waals surface area contributed by atoms with Crippen molar-refractivity contribution in [1.29, 1.82) is 0 Å². The third-order valence-corrected chi connectivity index (χ3v) is 5.29. The van der Waals surface area contributed by atoms with Crippen molar-refractivity contribution >= 4 is 23.6 Å². The Balaban J connectivity index is 0.000000330. The van der Waals surface area contributed by atoms with Gasteiger partial charge in [-0.05, 0) is 37.3 Å². The number of aliphatic carboxylic acids is 3. The predicted molar refractivity (Wildman–Crippen MR) is 114 cm³/mol. The van der Waals surface area contributed by atoms with E-state index in [9.17, 15) is 14.4 Å². The van der Waals surface area contributed by atoms with E-state index in [0.29, 0.717) is 5.92 Å². The van der Waals surface area contributed by atoms with Crippen molar-refractivity contribution < 1.29 is 39.5 Å². The average Bonchev–Trinajstić information content (AvgIpc) is 2.68. The Hall–Kier alpha value is -2.65. The number of nitrogens with zero attached hydrogens (tertiary/aromatic N) is 1. The molecule has 0 unspecified atom stereocenters. The molecule has 0 saturated carbocycles. The summed E-state index contributed by atoms with van der Waals surface area (Å²) in [5.74, 6) is -4.32. The molecule has 1 aliphatic rings. The van der Waals surface area contributed by atoms with E-state index in [-0.39, 0.29) is 5.60 Å². The average molecular weight is 440 g/mol. The van der Waals surface area contributed by atoms with E-state index in [1.807, 2.05) is 7.11 Å². The van der Waals surface area contributed by atoms with Gasteiger partial charge in [-0.15, -0.1) is 0 Å². The first-order valence-corrected chi connectivity index (χ1v) is 10.2. The zero-order valence-corrected chi connectivity index (χ0v) is 18.3. The molecule has 0 radical (unpaired) electrons. The third kappa shape index (κ3) is 8.55. The van der Waals surface area contributed by atoms with Crippen LogP contribution in [-0.4, -0.2) is 69.7 Å². The fourth-order valence-electron chi connectivity index (χ4n) is 3.76. The Labute approximate surface area is 182 Å². The summed E-state index contributed by atoms with van der Waals surface area (Å²) in [5.41, 5.74) is -1.29. The van der Waals surface area contributed by atoms with Gasteiger partial charge in [-0.1, -0.05) is 32.0 Å². The Kier molecular flexibility index (Phi) is 9.93. The van der Waals surface area contributed by atoms with Gasteiger partial charge in [-0.3, -0.25) is 9.59 Å². The topological polar surface area (TPSA) is 145 Å². The molecular weight excluding hydrogens is 406 g/mol. The molecule has 31 heavy (non-hydrogen) atoms. The number of ether oxygens (including phenoxy) is 1. The second kappa shape index (κ2) is 11.7. The van der Waals surface area contributed by atoms with Crippen molar-refractivity contribution in [3.8, 4) is 0 Å². The monoisotopic (exact) mass is 439 g/mol. The minimum absolute atomic E-state index is 0.111. The maximum atomic E-state index is 10.3. The highest BCUT2D eigenvalue weighted by Gasteiger charge is 2.40. The molecule has 0 atom stereocenters. The fourth-order valence-corrected chi connectivity index (χ4v) is 3.76. The van der Waals surface area contributed by atoms with Crippen molar-refractivity contribution in [2.24, 2.45) is 5.92 Å². The van der Waals surface area contributed by atoms with Crippen LogP contribution in [0.3, 0.4) is 0 Å². The lowest BCUT2D eigenvalue weighted by Gasteiger charge is -2.42. The summed E-state index contributed by atoms with van der Waals surface area (Å²) < 4.78 is 5.85. The van der Waals surface area contributed by atoms with Crippen molar-refractivity contribution in [3.63, 3.8) is 0 Å². The molecule has 0 aromatic heterocycles. The Bertz CT molecular complexity index is 710. The highest BCUT2D eigenvalue weighted by molar-refractivity contribution is 5.88. The van der Waals surface area contributed by atoms with Crippen LogP contribution in [0.15, 0.2) is 30.3 Å². The standard InChI is InChI=1S/C16H25NO.C6H8O7/c1-14(2)13-16(18-3)9-11-17(12-10-16)15-7-5-4-6-8-15;7-3(8)1-6(13,5(11)12)2-4(9)10/h4-8,14H,9-13H2,1-3H3;13H,1-2H2,(H,7,8)(H,9,10)(H,11,12). The molecule has 1 heterocycles. The van der Waals surface area contributed by atoms with E-state index >= 15 is 0 Å². The summed E-state index contributed by atoms with van der Waals surface area (Å²) in [6.45, 7) is 6.77. The first kappa shape index (κ1) is 26.4. The number of hydrogen-bond acceptors (Lipinski definition) is 6. The summed E-state index contributed by atoms with van der Waals surface area (Å²) in [7, 11) is 1.88. The molecular formula is C22H33NO8. The fraction of sp³-hybridized carbons (Fsp3) is 0.591. The number of para-hydroxylation sites is 1. The highest BCUT2D eigenvalue weighted by atomic mass is 16.5. The second-order valence-corrected chi connectivity index (χ2v) is 8.29. The molecule has 9 heteroatoms. The molecule has 1 saturated heterocycles. The van der Waals surface area contributed by atoms with Gasteiger partial charge in [0.2, 0.25) is 0 Å².